The van der Waals surface area contributed by atoms with Crippen LogP contribution >= 0.6 is 43.5 Å². The van der Waals surface area contributed by atoms with Gasteiger partial charge >= 0.3 is 0 Å². The minimum Gasteiger partial charge on any atom is -0.217 e. The second kappa shape index (κ2) is 5.51. The van der Waals surface area contributed by atoms with Crippen LogP contribution in [0.1, 0.15) is 0 Å². The second-order valence-electron chi connectivity index (χ2n) is 4.84. The van der Waals surface area contributed by atoms with E-state index in [1.165, 1.54) is 16.6 Å². The smallest absolute Gasteiger partial charge is 0.217 e. The Hall–Kier alpha value is -1.57. The number of aromatic nitrogens is 4. The van der Waals surface area contributed by atoms with E-state index in [1.54, 1.807) is 12.1 Å². The summed E-state index contributed by atoms with van der Waals surface area (Å²) in [6.45, 7) is 0. The topological polar surface area (TPSA) is 43.1 Å². The molecule has 4 nitrogen and oxygen atoms in total. The van der Waals surface area contributed by atoms with E-state index in [0.717, 1.165) is 14.3 Å². The molecule has 0 aliphatic rings. The number of benzene rings is 2. The Kier molecular flexibility index (Phi) is 3.59. The van der Waals surface area contributed by atoms with Gasteiger partial charge in [0.15, 0.2) is 11.5 Å². The van der Waals surface area contributed by atoms with Crippen molar-refractivity contribution in [3.05, 3.63) is 56.4 Å². The Balaban J connectivity index is 2.06. The fourth-order valence-electron chi connectivity index (χ4n) is 2.33. The van der Waals surface area contributed by atoms with Gasteiger partial charge < -0.3 is 0 Å². The van der Waals surface area contributed by atoms with E-state index in [0.29, 0.717) is 22.6 Å². The first-order valence-electron chi connectivity index (χ1n) is 6.50. The normalized spacial score (nSPS) is 11.5. The van der Waals surface area contributed by atoms with Crippen LogP contribution in [0.3, 0.4) is 0 Å². The Morgan fingerprint density at radius 3 is 2.52 bits per heavy atom. The quantitative estimate of drug-likeness (QED) is 0.367. The lowest BCUT2D eigenvalue weighted by Gasteiger charge is -2.03. The molecule has 0 amide bonds. The molecule has 0 unspecified atom stereocenters. The number of hydrogen-bond acceptors (Lipinski definition) is 3. The molecule has 0 spiro atoms. The molecule has 2 aromatic heterocycles. The first-order valence-corrected chi connectivity index (χ1v) is 8.46. The molecular weight excluding hydrogens is 450 g/mol. The summed E-state index contributed by atoms with van der Waals surface area (Å²) in [5, 5.41) is 5.39. The fourth-order valence-corrected chi connectivity index (χ4v) is 3.84. The van der Waals surface area contributed by atoms with Crippen molar-refractivity contribution >= 4 is 60.0 Å². The fraction of sp³-hybridized carbons (Fsp3) is 0. The summed E-state index contributed by atoms with van der Waals surface area (Å²) < 4.78 is 16.2. The molecular formula is C15H6Br2ClFN4. The maximum atomic E-state index is 13.1. The summed E-state index contributed by atoms with van der Waals surface area (Å²) in [6, 6.07) is 9.78. The number of halogens is 4. The third kappa shape index (κ3) is 2.52. The molecule has 0 bridgehead atoms. The van der Waals surface area contributed by atoms with E-state index in [2.05, 4.69) is 46.9 Å². The molecule has 8 heteroatoms. The highest BCUT2D eigenvalue weighted by Gasteiger charge is 2.15. The number of fused-ring (bicyclic) bond motifs is 3. The van der Waals surface area contributed by atoms with Gasteiger partial charge in [0.05, 0.1) is 5.52 Å². The largest absolute Gasteiger partial charge is 0.226 e. The summed E-state index contributed by atoms with van der Waals surface area (Å²) in [5.41, 5.74) is 1.98. The van der Waals surface area contributed by atoms with Crippen LogP contribution in [0.5, 0.6) is 0 Å². The van der Waals surface area contributed by atoms with Crippen LogP contribution in [0.15, 0.2) is 45.3 Å². The van der Waals surface area contributed by atoms with Crippen molar-refractivity contribution < 1.29 is 4.39 Å². The van der Waals surface area contributed by atoms with Crippen LogP contribution in [0.2, 0.25) is 5.28 Å². The number of nitrogens with zero attached hydrogens (tertiary/aromatic N) is 4. The highest BCUT2D eigenvalue weighted by atomic mass is 79.9. The molecule has 114 valence electrons. The zero-order valence-corrected chi connectivity index (χ0v) is 15.2. The summed E-state index contributed by atoms with van der Waals surface area (Å²) in [6.07, 6.45) is 0. The van der Waals surface area contributed by atoms with E-state index >= 15 is 0 Å². The predicted molar refractivity (Wildman–Crippen MR) is 94.1 cm³/mol. The average molecular weight is 457 g/mol. The Morgan fingerprint density at radius 2 is 1.78 bits per heavy atom. The average Bonchev–Trinajstić information content (AvgIpc) is 2.95. The van der Waals surface area contributed by atoms with Crippen molar-refractivity contribution in [1.29, 1.82) is 0 Å². The van der Waals surface area contributed by atoms with Gasteiger partial charge in [-0.25, -0.2) is 14.4 Å². The summed E-state index contributed by atoms with van der Waals surface area (Å²) in [5.74, 6) is 0.146. The third-order valence-corrected chi connectivity index (χ3v) is 4.66. The van der Waals surface area contributed by atoms with Gasteiger partial charge in [-0.15, -0.1) is 5.10 Å². The zero-order valence-electron chi connectivity index (χ0n) is 11.3. The minimum atomic E-state index is -0.310. The summed E-state index contributed by atoms with van der Waals surface area (Å²) in [4.78, 5) is 8.91. The van der Waals surface area contributed by atoms with Crippen molar-refractivity contribution in [2.75, 3.05) is 0 Å². The molecule has 2 heterocycles. The molecule has 0 N–H and O–H groups in total. The van der Waals surface area contributed by atoms with Crippen LogP contribution in [0, 0.1) is 5.82 Å². The number of rotatable bonds is 1. The van der Waals surface area contributed by atoms with Gasteiger partial charge in [0.25, 0.3) is 0 Å². The SMILES string of the molecule is Fc1ccc(-c2nc3c4cc(Br)cc(Br)c4nc(Cl)n3n2)cc1. The van der Waals surface area contributed by atoms with Crippen LogP contribution < -0.4 is 0 Å². The lowest BCUT2D eigenvalue weighted by Crippen LogP contribution is -1.95. The molecule has 0 saturated carbocycles. The summed E-state index contributed by atoms with van der Waals surface area (Å²) >= 11 is 13.2. The molecule has 0 atom stereocenters. The lowest BCUT2D eigenvalue weighted by atomic mass is 10.2. The molecule has 0 radical (unpaired) electrons. The van der Waals surface area contributed by atoms with Crippen molar-refractivity contribution in [3.8, 4) is 11.4 Å². The van der Waals surface area contributed by atoms with Gasteiger partial charge in [0.2, 0.25) is 5.28 Å². The monoisotopic (exact) mass is 454 g/mol. The lowest BCUT2D eigenvalue weighted by molar-refractivity contribution is 0.628. The van der Waals surface area contributed by atoms with Gasteiger partial charge in [0, 0.05) is 19.9 Å². The van der Waals surface area contributed by atoms with Crippen molar-refractivity contribution in [1.82, 2.24) is 19.6 Å². The second-order valence-corrected chi connectivity index (χ2v) is 6.95. The van der Waals surface area contributed by atoms with E-state index < -0.39 is 0 Å². The van der Waals surface area contributed by atoms with Crippen LogP contribution in [0.25, 0.3) is 27.9 Å². The van der Waals surface area contributed by atoms with Crippen molar-refractivity contribution in [2.45, 2.75) is 0 Å². The minimum absolute atomic E-state index is 0.205. The molecule has 2 aromatic carbocycles. The van der Waals surface area contributed by atoms with E-state index in [-0.39, 0.29) is 11.1 Å². The van der Waals surface area contributed by atoms with Crippen LogP contribution in [0.4, 0.5) is 4.39 Å². The molecule has 23 heavy (non-hydrogen) atoms. The molecule has 0 aliphatic carbocycles. The van der Waals surface area contributed by atoms with Gasteiger partial charge in [-0.3, -0.25) is 0 Å². The maximum Gasteiger partial charge on any atom is 0.226 e. The first kappa shape index (κ1) is 15.0. The van der Waals surface area contributed by atoms with E-state index in [1.807, 2.05) is 12.1 Å². The first-order chi connectivity index (χ1) is 11.0. The molecule has 0 aliphatic heterocycles. The molecule has 0 fully saturated rings. The van der Waals surface area contributed by atoms with E-state index in [4.69, 9.17) is 11.6 Å². The highest BCUT2D eigenvalue weighted by molar-refractivity contribution is 9.11. The zero-order chi connectivity index (χ0) is 16.1. The van der Waals surface area contributed by atoms with Gasteiger partial charge in [-0.2, -0.15) is 4.52 Å². The van der Waals surface area contributed by atoms with Crippen LogP contribution in [-0.4, -0.2) is 19.6 Å². The van der Waals surface area contributed by atoms with Crippen LogP contribution in [-0.2, 0) is 0 Å². The van der Waals surface area contributed by atoms with E-state index in [9.17, 15) is 4.39 Å². The Bertz CT molecular complexity index is 1060. The Labute approximate surface area is 151 Å². The third-order valence-electron chi connectivity index (χ3n) is 3.36. The summed E-state index contributed by atoms with van der Waals surface area (Å²) in [7, 11) is 0. The number of hydrogen-bond donors (Lipinski definition) is 0. The predicted octanol–water partition coefficient (Wildman–Crippen LogP) is 5.26. The van der Waals surface area contributed by atoms with Gasteiger partial charge in [0.1, 0.15) is 5.82 Å². The molecule has 4 rings (SSSR count). The molecule has 4 aromatic rings. The maximum absolute atomic E-state index is 13.1. The van der Waals surface area contributed by atoms with Crippen molar-refractivity contribution in [2.24, 2.45) is 0 Å². The Morgan fingerprint density at radius 1 is 1.04 bits per heavy atom. The van der Waals surface area contributed by atoms with Crippen molar-refractivity contribution in [3.63, 3.8) is 0 Å². The standard InChI is InChI=1S/C15H6Br2ClFN4/c16-8-5-10-12(11(17)6-8)20-15(18)23-14(10)21-13(22-23)7-1-3-9(19)4-2-7/h1-6H. The van der Waals surface area contributed by atoms with Gasteiger partial charge in [-0.05, 0) is 63.9 Å². The van der Waals surface area contributed by atoms with Gasteiger partial charge in [-0.1, -0.05) is 15.9 Å². The highest BCUT2D eigenvalue weighted by Crippen LogP contribution is 2.31. The molecule has 0 saturated heterocycles.